The second-order valence-electron chi connectivity index (χ2n) is 3.89. The summed E-state index contributed by atoms with van der Waals surface area (Å²) in [6.07, 6.45) is 6.15. The molecule has 0 radical (unpaired) electrons. The smallest absolute Gasteiger partial charge is 0.141 e. The van der Waals surface area contributed by atoms with Gasteiger partial charge in [0, 0.05) is 6.20 Å². The lowest BCUT2D eigenvalue weighted by Gasteiger charge is -2.11. The molecule has 0 bridgehead atoms. The van der Waals surface area contributed by atoms with Gasteiger partial charge in [-0.05, 0) is 42.9 Å². The van der Waals surface area contributed by atoms with Gasteiger partial charge in [0.2, 0.25) is 0 Å². The Bertz CT molecular complexity index is 308. The summed E-state index contributed by atoms with van der Waals surface area (Å²) in [5.41, 5.74) is 6.86. The first kappa shape index (κ1) is 8.63. The predicted octanol–water partition coefficient (Wildman–Crippen LogP) is 1.50. The maximum atomic E-state index is 12.8. The Morgan fingerprint density at radius 2 is 2.23 bits per heavy atom. The molecule has 2 rings (SSSR count). The Morgan fingerprint density at radius 1 is 1.46 bits per heavy atom. The van der Waals surface area contributed by atoms with Crippen LogP contribution in [0.2, 0.25) is 0 Å². The van der Waals surface area contributed by atoms with E-state index in [4.69, 9.17) is 5.73 Å². The normalized spacial score (nSPS) is 18.6. The van der Waals surface area contributed by atoms with E-state index in [0.29, 0.717) is 6.54 Å². The molecule has 1 fully saturated rings. The fourth-order valence-corrected chi connectivity index (χ4v) is 1.62. The lowest BCUT2D eigenvalue weighted by molar-refractivity contribution is 0.516. The Kier molecular flexibility index (Phi) is 2.04. The minimum absolute atomic E-state index is 0.259. The summed E-state index contributed by atoms with van der Waals surface area (Å²) in [5.74, 6) is -0.259. The van der Waals surface area contributed by atoms with E-state index in [1.165, 1.54) is 19.0 Å². The number of halogens is 1. The average Bonchev–Trinajstić information content (AvgIpc) is 2.86. The molecule has 13 heavy (non-hydrogen) atoms. The number of nitrogens with zero attached hydrogens (tertiary/aromatic N) is 1. The van der Waals surface area contributed by atoms with Crippen LogP contribution in [0.1, 0.15) is 18.4 Å². The summed E-state index contributed by atoms with van der Waals surface area (Å²) in [5, 5.41) is 0. The van der Waals surface area contributed by atoms with Crippen LogP contribution in [0.3, 0.4) is 0 Å². The van der Waals surface area contributed by atoms with Crippen molar-refractivity contribution < 1.29 is 4.39 Å². The molecular formula is C10H13FN2. The molecule has 0 saturated heterocycles. The molecule has 0 aliphatic heterocycles. The maximum Gasteiger partial charge on any atom is 0.141 e. The van der Waals surface area contributed by atoms with E-state index in [1.54, 1.807) is 12.3 Å². The van der Waals surface area contributed by atoms with Gasteiger partial charge in [-0.25, -0.2) is 4.39 Å². The first-order valence-electron chi connectivity index (χ1n) is 4.54. The number of hydrogen-bond donors (Lipinski definition) is 1. The van der Waals surface area contributed by atoms with Gasteiger partial charge >= 0.3 is 0 Å². The monoisotopic (exact) mass is 180 g/mol. The van der Waals surface area contributed by atoms with E-state index in [0.717, 1.165) is 12.0 Å². The molecule has 1 aliphatic rings. The van der Waals surface area contributed by atoms with Crippen molar-refractivity contribution in [3.05, 3.63) is 29.8 Å². The van der Waals surface area contributed by atoms with Crippen molar-refractivity contribution >= 4 is 0 Å². The van der Waals surface area contributed by atoms with Crippen LogP contribution in [-0.2, 0) is 6.42 Å². The van der Waals surface area contributed by atoms with Gasteiger partial charge in [0.1, 0.15) is 5.82 Å². The van der Waals surface area contributed by atoms with Crippen LogP contribution in [0.4, 0.5) is 4.39 Å². The maximum absolute atomic E-state index is 12.8. The standard InChI is InChI=1S/C10H13FN2/c11-9-3-8(5-13-6-9)4-10(7-12)1-2-10/h3,5-6H,1-2,4,7,12H2. The Morgan fingerprint density at radius 3 is 2.77 bits per heavy atom. The molecule has 3 heteroatoms. The number of nitrogens with two attached hydrogens (primary N) is 1. The quantitative estimate of drug-likeness (QED) is 0.765. The number of pyridine rings is 1. The molecule has 1 aromatic rings. The third-order valence-corrected chi connectivity index (χ3v) is 2.73. The fourth-order valence-electron chi connectivity index (χ4n) is 1.62. The van der Waals surface area contributed by atoms with Gasteiger partial charge in [0.05, 0.1) is 6.20 Å². The third kappa shape index (κ3) is 1.86. The van der Waals surface area contributed by atoms with Gasteiger partial charge in [-0.3, -0.25) is 4.98 Å². The van der Waals surface area contributed by atoms with Gasteiger partial charge in [0.25, 0.3) is 0 Å². The van der Waals surface area contributed by atoms with E-state index >= 15 is 0 Å². The summed E-state index contributed by atoms with van der Waals surface area (Å²) >= 11 is 0. The summed E-state index contributed by atoms with van der Waals surface area (Å²) in [6.45, 7) is 0.698. The molecule has 70 valence electrons. The Labute approximate surface area is 77.0 Å². The second kappa shape index (κ2) is 3.07. The molecule has 1 aliphatic carbocycles. The van der Waals surface area contributed by atoms with E-state index in [1.807, 2.05) is 0 Å². The first-order chi connectivity index (χ1) is 6.24. The number of aromatic nitrogens is 1. The molecule has 2 N–H and O–H groups in total. The minimum Gasteiger partial charge on any atom is -0.330 e. The van der Waals surface area contributed by atoms with E-state index in [2.05, 4.69) is 4.98 Å². The number of rotatable bonds is 3. The Balaban J connectivity index is 2.09. The molecule has 1 saturated carbocycles. The van der Waals surface area contributed by atoms with Gasteiger partial charge < -0.3 is 5.73 Å². The van der Waals surface area contributed by atoms with E-state index in [-0.39, 0.29) is 11.2 Å². The highest BCUT2D eigenvalue weighted by Crippen LogP contribution is 2.47. The van der Waals surface area contributed by atoms with Crippen LogP contribution in [-0.4, -0.2) is 11.5 Å². The third-order valence-electron chi connectivity index (χ3n) is 2.73. The van der Waals surface area contributed by atoms with Gasteiger partial charge in [0.15, 0.2) is 0 Å². The van der Waals surface area contributed by atoms with Crippen molar-refractivity contribution in [1.29, 1.82) is 0 Å². The molecule has 0 atom stereocenters. The first-order valence-corrected chi connectivity index (χ1v) is 4.54. The van der Waals surface area contributed by atoms with E-state index < -0.39 is 0 Å². The second-order valence-corrected chi connectivity index (χ2v) is 3.89. The topological polar surface area (TPSA) is 38.9 Å². The molecule has 0 aromatic carbocycles. The fraction of sp³-hybridized carbons (Fsp3) is 0.500. The van der Waals surface area contributed by atoms with Gasteiger partial charge in [-0.2, -0.15) is 0 Å². The van der Waals surface area contributed by atoms with Crippen LogP contribution >= 0.6 is 0 Å². The highest BCUT2D eigenvalue weighted by atomic mass is 19.1. The number of hydrogen-bond acceptors (Lipinski definition) is 2. The van der Waals surface area contributed by atoms with E-state index in [9.17, 15) is 4.39 Å². The zero-order chi connectivity index (χ0) is 9.31. The van der Waals surface area contributed by atoms with Crippen LogP contribution < -0.4 is 5.73 Å². The zero-order valence-electron chi connectivity index (χ0n) is 7.46. The van der Waals surface area contributed by atoms with Crippen molar-refractivity contribution in [2.75, 3.05) is 6.54 Å². The van der Waals surface area contributed by atoms with Crippen molar-refractivity contribution in [1.82, 2.24) is 4.98 Å². The summed E-state index contributed by atoms with van der Waals surface area (Å²) in [6, 6.07) is 1.54. The van der Waals surface area contributed by atoms with Crippen LogP contribution in [0, 0.1) is 11.2 Å². The lowest BCUT2D eigenvalue weighted by Crippen LogP contribution is -2.18. The molecule has 1 aromatic heterocycles. The highest BCUT2D eigenvalue weighted by molar-refractivity contribution is 5.15. The summed E-state index contributed by atoms with van der Waals surface area (Å²) in [7, 11) is 0. The summed E-state index contributed by atoms with van der Waals surface area (Å²) in [4.78, 5) is 3.81. The summed E-state index contributed by atoms with van der Waals surface area (Å²) < 4.78 is 12.8. The molecule has 0 spiro atoms. The Hall–Kier alpha value is -0.960. The predicted molar refractivity (Wildman–Crippen MR) is 48.6 cm³/mol. The molecule has 2 nitrogen and oxygen atoms in total. The van der Waals surface area contributed by atoms with Gasteiger partial charge in [-0.1, -0.05) is 0 Å². The molecular weight excluding hydrogens is 167 g/mol. The molecule has 1 heterocycles. The highest BCUT2D eigenvalue weighted by Gasteiger charge is 2.40. The average molecular weight is 180 g/mol. The van der Waals surface area contributed by atoms with Crippen LogP contribution in [0.25, 0.3) is 0 Å². The SMILES string of the molecule is NCC1(Cc2cncc(F)c2)CC1. The molecule has 0 amide bonds. The largest absolute Gasteiger partial charge is 0.330 e. The molecule has 0 unspecified atom stereocenters. The van der Waals surface area contributed by atoms with Crippen molar-refractivity contribution in [3.63, 3.8) is 0 Å². The van der Waals surface area contributed by atoms with Crippen molar-refractivity contribution in [3.8, 4) is 0 Å². The zero-order valence-corrected chi connectivity index (χ0v) is 7.46. The minimum atomic E-state index is -0.259. The van der Waals surface area contributed by atoms with Crippen LogP contribution in [0.15, 0.2) is 18.5 Å². The lowest BCUT2D eigenvalue weighted by atomic mass is 9.98. The van der Waals surface area contributed by atoms with Crippen LogP contribution in [0.5, 0.6) is 0 Å². The van der Waals surface area contributed by atoms with Crippen molar-refractivity contribution in [2.24, 2.45) is 11.1 Å². The van der Waals surface area contributed by atoms with Crippen molar-refractivity contribution in [2.45, 2.75) is 19.3 Å². The van der Waals surface area contributed by atoms with Gasteiger partial charge in [-0.15, -0.1) is 0 Å².